The molecule has 0 unspecified atom stereocenters. The Bertz CT molecular complexity index is 1410. The van der Waals surface area contributed by atoms with E-state index in [9.17, 15) is 14.7 Å². The van der Waals surface area contributed by atoms with Gasteiger partial charge >= 0.3 is 0 Å². The van der Waals surface area contributed by atoms with Crippen molar-refractivity contribution in [3.63, 3.8) is 0 Å². The molecule has 1 aromatic heterocycles. The van der Waals surface area contributed by atoms with Gasteiger partial charge in [0.05, 0.1) is 6.10 Å². The maximum absolute atomic E-state index is 13.3. The van der Waals surface area contributed by atoms with Gasteiger partial charge in [0.25, 0.3) is 0 Å². The first-order valence-corrected chi connectivity index (χ1v) is 13.2. The summed E-state index contributed by atoms with van der Waals surface area (Å²) in [6.45, 7) is 7.73. The average Bonchev–Trinajstić information content (AvgIpc) is 3.42. The molecule has 2 bridgehead atoms. The van der Waals surface area contributed by atoms with Crippen molar-refractivity contribution >= 4 is 22.6 Å². The van der Waals surface area contributed by atoms with Crippen LogP contribution in [0.4, 0.5) is 0 Å². The predicted molar refractivity (Wildman–Crippen MR) is 135 cm³/mol. The molecular formula is C29H34N2O6. The van der Waals surface area contributed by atoms with E-state index in [2.05, 4.69) is 31.0 Å². The lowest BCUT2D eigenvalue weighted by atomic mass is 9.41. The van der Waals surface area contributed by atoms with E-state index in [1.165, 1.54) is 10.9 Å². The molecule has 1 spiro atoms. The van der Waals surface area contributed by atoms with Crippen molar-refractivity contribution in [3.8, 4) is 0 Å². The average molecular weight is 507 g/mol. The largest absolute Gasteiger partial charge is 0.382 e. The van der Waals surface area contributed by atoms with Gasteiger partial charge in [0.2, 0.25) is 5.91 Å². The minimum atomic E-state index is -1.63. The Morgan fingerprint density at radius 2 is 1.97 bits per heavy atom. The first kappa shape index (κ1) is 23.6. The number of para-hydroxylation sites is 1. The zero-order valence-electron chi connectivity index (χ0n) is 21.7. The van der Waals surface area contributed by atoms with Crippen molar-refractivity contribution in [3.05, 3.63) is 47.2 Å². The molecule has 8 nitrogen and oxygen atoms in total. The lowest BCUT2D eigenvalue weighted by Gasteiger charge is -2.67. The van der Waals surface area contributed by atoms with Gasteiger partial charge in [-0.05, 0) is 56.7 Å². The van der Waals surface area contributed by atoms with Crippen molar-refractivity contribution in [2.45, 2.75) is 88.0 Å². The number of fused-ring (bicyclic) bond motifs is 9. The quantitative estimate of drug-likeness (QED) is 0.588. The number of hydrogen-bond donors (Lipinski definition) is 3. The smallest absolute Gasteiger partial charge is 0.243 e. The predicted octanol–water partition coefficient (Wildman–Crippen LogP) is 2.80. The van der Waals surface area contributed by atoms with Gasteiger partial charge in [-0.3, -0.25) is 9.59 Å². The molecule has 0 radical (unpaired) electrons. The number of rotatable bonds is 3. The minimum absolute atomic E-state index is 0.157. The molecule has 1 amide bonds. The summed E-state index contributed by atoms with van der Waals surface area (Å²) in [6, 6.07) is 8.30. The molecule has 2 aromatic rings. The van der Waals surface area contributed by atoms with Gasteiger partial charge in [-0.1, -0.05) is 32.0 Å². The summed E-state index contributed by atoms with van der Waals surface area (Å²) in [5.74, 6) is -1.87. The van der Waals surface area contributed by atoms with Crippen LogP contribution in [0, 0.1) is 11.3 Å². The number of amides is 1. The third-order valence-corrected chi connectivity index (χ3v) is 10.7. The fraction of sp³-hybridized carbons (Fsp3) is 0.586. The molecule has 196 valence electrons. The molecule has 3 fully saturated rings. The number of ketones is 1. The van der Waals surface area contributed by atoms with Crippen molar-refractivity contribution in [2.24, 2.45) is 17.1 Å². The standard InChI is InChI=1S/C29H34N2O6/c1-25(2)24-19(32)13-20-28(36-24,37-25)10-9-26(3)27(4)15(12-21(29(20,26)34)35-14-22(30)33)11-17-16-7-5-6-8-18(16)31-23(17)27/h5-8,13,15,21,24,31,34H,9-12,14H2,1-4H3,(H2,30,33)/t15-,21+,24+,26-,27-,28+,29+/m1/s1. The Balaban J connectivity index is 1.45. The fourth-order valence-electron chi connectivity index (χ4n) is 8.77. The zero-order chi connectivity index (χ0) is 26.2. The molecule has 1 saturated heterocycles. The van der Waals surface area contributed by atoms with Gasteiger partial charge in [0.1, 0.15) is 17.8 Å². The molecule has 3 heterocycles. The van der Waals surface area contributed by atoms with Crippen LogP contribution in [0.1, 0.15) is 58.2 Å². The number of nitrogens with two attached hydrogens (primary N) is 1. The summed E-state index contributed by atoms with van der Waals surface area (Å²) in [5, 5.41) is 14.3. The Hall–Kier alpha value is -2.52. The normalized spacial score (nSPS) is 43.1. The van der Waals surface area contributed by atoms with E-state index in [4.69, 9.17) is 19.9 Å². The molecule has 5 aliphatic rings. The van der Waals surface area contributed by atoms with E-state index in [0.717, 1.165) is 17.6 Å². The van der Waals surface area contributed by atoms with E-state index in [1.54, 1.807) is 6.08 Å². The van der Waals surface area contributed by atoms with Crippen LogP contribution >= 0.6 is 0 Å². The lowest BCUT2D eigenvalue weighted by molar-refractivity contribution is -0.279. The van der Waals surface area contributed by atoms with E-state index < -0.39 is 45.9 Å². The van der Waals surface area contributed by atoms with E-state index in [-0.39, 0.29) is 18.3 Å². The van der Waals surface area contributed by atoms with Gasteiger partial charge in [0, 0.05) is 39.4 Å². The highest BCUT2D eigenvalue weighted by Crippen LogP contribution is 2.72. The number of carbonyl (C=O) groups is 2. The van der Waals surface area contributed by atoms with Gasteiger partial charge in [0.15, 0.2) is 17.7 Å². The third kappa shape index (κ3) is 2.58. The maximum Gasteiger partial charge on any atom is 0.243 e. The highest BCUT2D eigenvalue weighted by atomic mass is 16.8. The van der Waals surface area contributed by atoms with Crippen molar-refractivity contribution < 1.29 is 28.9 Å². The zero-order valence-corrected chi connectivity index (χ0v) is 21.7. The SMILES string of the molecule is CC1(C)O[C@@]23CC[C@]4(C)[C@@]5(C)c6[nH]c7ccccc7c6C[C@@H]5C[C@H](OCC(N)=O)[C@@]4(O)C2=CC(=O)[C@@H]1O3. The first-order valence-electron chi connectivity index (χ1n) is 13.2. The number of carbonyl (C=O) groups excluding carboxylic acids is 2. The fourth-order valence-corrected chi connectivity index (χ4v) is 8.77. The molecule has 4 N–H and O–H groups in total. The summed E-state index contributed by atoms with van der Waals surface area (Å²) < 4.78 is 19.0. The van der Waals surface area contributed by atoms with Gasteiger partial charge < -0.3 is 30.0 Å². The van der Waals surface area contributed by atoms with Crippen LogP contribution in [0.25, 0.3) is 10.9 Å². The van der Waals surface area contributed by atoms with Gasteiger partial charge in [-0.15, -0.1) is 0 Å². The summed E-state index contributed by atoms with van der Waals surface area (Å²) in [6.07, 6.45) is 2.48. The molecule has 2 aliphatic heterocycles. The topological polar surface area (TPSA) is 124 Å². The number of hydrogen-bond acceptors (Lipinski definition) is 6. The number of ether oxygens (including phenoxy) is 3. The number of nitrogens with one attached hydrogen (secondary N) is 1. The van der Waals surface area contributed by atoms with Crippen molar-refractivity contribution in [2.75, 3.05) is 6.61 Å². The van der Waals surface area contributed by atoms with Crippen molar-refractivity contribution in [1.82, 2.24) is 4.98 Å². The number of benzene rings is 1. The summed E-state index contributed by atoms with van der Waals surface area (Å²) in [5.41, 5.74) is 5.70. The number of aromatic nitrogens is 1. The number of H-pyrrole nitrogens is 1. The number of aromatic amines is 1. The van der Waals surface area contributed by atoms with Crippen LogP contribution in [0.3, 0.4) is 0 Å². The second kappa shape index (κ2) is 6.91. The molecule has 2 saturated carbocycles. The van der Waals surface area contributed by atoms with Crippen LogP contribution in [0.15, 0.2) is 35.9 Å². The third-order valence-electron chi connectivity index (χ3n) is 10.7. The summed E-state index contributed by atoms with van der Waals surface area (Å²) >= 11 is 0. The molecule has 37 heavy (non-hydrogen) atoms. The second-order valence-electron chi connectivity index (χ2n) is 12.6. The monoisotopic (exact) mass is 506 g/mol. The second-order valence-corrected chi connectivity index (χ2v) is 12.6. The highest BCUT2D eigenvalue weighted by molar-refractivity contribution is 5.97. The van der Waals surface area contributed by atoms with E-state index in [0.29, 0.717) is 24.8 Å². The minimum Gasteiger partial charge on any atom is -0.382 e. The Morgan fingerprint density at radius 1 is 1.22 bits per heavy atom. The van der Waals surface area contributed by atoms with E-state index in [1.807, 2.05) is 26.0 Å². The van der Waals surface area contributed by atoms with Crippen LogP contribution in [0.2, 0.25) is 0 Å². The maximum atomic E-state index is 13.3. The number of aliphatic hydroxyl groups is 1. The molecule has 3 aliphatic carbocycles. The molecule has 7 atom stereocenters. The summed E-state index contributed by atoms with van der Waals surface area (Å²) in [7, 11) is 0. The first-order chi connectivity index (χ1) is 17.4. The van der Waals surface area contributed by atoms with Gasteiger partial charge in [-0.25, -0.2) is 0 Å². The highest BCUT2D eigenvalue weighted by Gasteiger charge is 2.78. The van der Waals surface area contributed by atoms with Crippen LogP contribution in [-0.2, 0) is 35.6 Å². The van der Waals surface area contributed by atoms with Crippen LogP contribution in [-0.4, -0.2) is 57.6 Å². The van der Waals surface area contributed by atoms with Gasteiger partial charge in [-0.2, -0.15) is 0 Å². The summed E-state index contributed by atoms with van der Waals surface area (Å²) in [4.78, 5) is 28.8. The van der Waals surface area contributed by atoms with Crippen LogP contribution in [0.5, 0.6) is 0 Å². The van der Waals surface area contributed by atoms with E-state index >= 15 is 0 Å². The Labute approximate surface area is 215 Å². The van der Waals surface area contributed by atoms with Crippen molar-refractivity contribution in [1.29, 1.82) is 0 Å². The molecular weight excluding hydrogens is 472 g/mol. The lowest BCUT2D eigenvalue weighted by Crippen LogP contribution is -2.75. The molecule has 8 heteroatoms. The molecule has 1 aromatic carbocycles. The number of primary amides is 1. The molecule has 7 rings (SSSR count). The van der Waals surface area contributed by atoms with Crippen LogP contribution < -0.4 is 5.73 Å². The Kier molecular flexibility index (Phi) is 4.41. The Morgan fingerprint density at radius 3 is 2.73 bits per heavy atom.